The molecule has 4 aromatic carbocycles. The summed E-state index contributed by atoms with van der Waals surface area (Å²) in [5, 5.41) is 9.65. The van der Waals surface area contributed by atoms with Gasteiger partial charge in [-0.15, -0.1) is 0 Å². The first-order chi connectivity index (χ1) is 60.9. The first-order valence-electron chi connectivity index (χ1n) is 44.7. The molecule has 4 aromatic rings. The van der Waals surface area contributed by atoms with E-state index >= 15 is 0 Å². The Labute approximate surface area is 1010 Å². The predicted octanol–water partition coefficient (Wildman–Crippen LogP) is 6.13. The van der Waals surface area contributed by atoms with Crippen LogP contribution in [0.5, 0.6) is 0 Å². The molecule has 0 aromatic heterocycles. The molecule has 0 aliphatic carbocycles. The van der Waals surface area contributed by atoms with E-state index in [1.54, 1.807) is 31.4 Å². The van der Waals surface area contributed by atoms with Crippen molar-refractivity contribution in [2.45, 2.75) is 184 Å². The molecule has 0 unspecified atom stereocenters. The fourth-order valence-electron chi connectivity index (χ4n) is 13.1. The van der Waals surface area contributed by atoms with Crippen molar-refractivity contribution in [2.24, 2.45) is 0 Å². The van der Waals surface area contributed by atoms with Crippen molar-refractivity contribution in [3.8, 4) is 0 Å². The minimum Gasteiger partial charge on any atom is -0.542 e. The van der Waals surface area contributed by atoms with Gasteiger partial charge in [-0.05, 0) is 50.2 Å². The van der Waals surface area contributed by atoms with Gasteiger partial charge in [-0.1, -0.05) is 242 Å². The van der Waals surface area contributed by atoms with Gasteiger partial charge in [0, 0.05) is 507 Å². The minimum atomic E-state index is -3.39. The summed E-state index contributed by atoms with van der Waals surface area (Å²) in [6.45, 7) is 59.7. The van der Waals surface area contributed by atoms with Crippen molar-refractivity contribution in [3.05, 3.63) is 144 Å². The number of benzene rings is 4. The van der Waals surface area contributed by atoms with Crippen LogP contribution in [0.2, 0.25) is 0 Å². The van der Waals surface area contributed by atoms with E-state index in [1.165, 1.54) is 62.4 Å². The second kappa shape index (κ2) is 117. The van der Waals surface area contributed by atoms with Crippen molar-refractivity contribution in [1.82, 2.24) is 79.6 Å². The van der Waals surface area contributed by atoms with Gasteiger partial charge < -0.3 is 88.7 Å². The topological polar surface area (TPSA) is 258 Å². The number of likely N-dealkylation sites (tertiary alicyclic amines) is 3. The van der Waals surface area contributed by atoms with Crippen LogP contribution in [0.3, 0.4) is 0 Å². The molecule has 10 aliphatic heterocycles. The Hall–Kier alpha value is -0.177. The average Bonchev–Trinajstić information content (AvgIpc) is 0.781. The summed E-state index contributed by atoms with van der Waals surface area (Å²) >= 11 is 0. The van der Waals surface area contributed by atoms with Crippen LogP contribution in [-0.4, -0.2) is 452 Å². The summed E-state index contributed by atoms with van der Waals surface area (Å²) in [7, 11) is 32.8. The first-order valence-corrected chi connectivity index (χ1v) is 46.5. The molecular formula is C94H170B10N16O11SY6-6. The SMILES string of the molecule is C.C.C.C.C.CC.CC.CC.CC.CC.CC.CC(=O)N1CC(N2CCN([C-]=O)CC2)C1.CC(C)=O.CN1CCN([C-]=O)CC1.CN1CCNCC1.CS(=O)(=O)OC1CN(C(c2ccccc2)c2ccccc2)C1.C[C-]=O.O=[C-]N1CCN(C2CN(C(c3ccccc3)c3ccccc3)C2)CC1.O=[C-]N1CCN(C2CNC2)CC1.O=[C-]N1CCNCC1.[B].[B]B([B])[B].[B][B].[B][B][B].[Y].[Y].[Y].[Y].[Y].[Y]. The molecule has 44 heteroatoms. The Balaban J connectivity index is -0.0000000870. The van der Waals surface area contributed by atoms with Gasteiger partial charge >= 0.3 is 0 Å². The van der Waals surface area contributed by atoms with Crippen LogP contribution in [0.1, 0.15) is 182 Å². The molecule has 6 amide bonds. The number of carbonyl (C=O) groups excluding carboxylic acids is 8. The minimum absolute atomic E-state index is 0. The van der Waals surface area contributed by atoms with Crippen LogP contribution in [0.15, 0.2) is 121 Å². The van der Waals surface area contributed by atoms with Crippen molar-refractivity contribution < 1.29 is 247 Å². The molecule has 14 rings (SSSR count). The van der Waals surface area contributed by atoms with E-state index in [4.69, 9.17) is 8.98 Å². The third-order valence-electron chi connectivity index (χ3n) is 19.4. The molecule has 27 nitrogen and oxygen atoms in total. The zero-order valence-electron chi connectivity index (χ0n) is 84.1. The Morgan fingerprint density at radius 1 is 0.391 bits per heavy atom. The van der Waals surface area contributed by atoms with Crippen molar-refractivity contribution >= 4 is 136 Å². The van der Waals surface area contributed by atoms with Crippen molar-refractivity contribution in [2.75, 3.05) is 230 Å². The van der Waals surface area contributed by atoms with Gasteiger partial charge in [-0.25, -0.2) is 0 Å². The third-order valence-corrected chi connectivity index (χ3v) is 20.1. The summed E-state index contributed by atoms with van der Waals surface area (Å²) in [6.07, 6.45) is 11.3. The molecule has 10 fully saturated rings. The summed E-state index contributed by atoms with van der Waals surface area (Å²) in [6, 6.07) is 44.3. The number of rotatable bonds is 16. The molecule has 0 bridgehead atoms. The normalized spacial score (nSPS) is 15.9. The summed E-state index contributed by atoms with van der Waals surface area (Å²) in [5.41, 5.74) is 5.11. The molecule has 0 spiro atoms. The van der Waals surface area contributed by atoms with E-state index in [2.05, 4.69) is 203 Å². The van der Waals surface area contributed by atoms with E-state index in [0.29, 0.717) is 31.2 Å². The predicted molar refractivity (Wildman–Crippen MR) is 568 cm³/mol. The zero-order valence-corrected chi connectivity index (χ0v) is 102. The van der Waals surface area contributed by atoms with Gasteiger partial charge in [0.15, 0.2) is 0 Å². The molecule has 0 saturated carbocycles. The van der Waals surface area contributed by atoms with Crippen LogP contribution in [-0.2, 0) is 249 Å². The van der Waals surface area contributed by atoms with E-state index < -0.39 is 16.5 Å². The van der Waals surface area contributed by atoms with Gasteiger partial charge in [-0.3, -0.25) is 39.8 Å². The maximum Gasteiger partial charge on any atom is 0.264 e. The number of hydrogen-bond acceptors (Lipinski definition) is 21. The average molecular weight is 2370 g/mol. The Morgan fingerprint density at radius 3 is 0.804 bits per heavy atom. The van der Waals surface area contributed by atoms with Gasteiger partial charge in [0.2, 0.25) is 5.91 Å². The van der Waals surface area contributed by atoms with Crippen LogP contribution < -0.4 is 16.0 Å². The second-order valence-electron chi connectivity index (χ2n) is 28.3. The molecule has 752 valence electrons. The van der Waals surface area contributed by atoms with Gasteiger partial charge in [0.25, 0.3) is 10.1 Å². The molecule has 10 saturated heterocycles. The Morgan fingerprint density at radius 2 is 0.601 bits per heavy atom. The zero-order chi connectivity index (χ0) is 96.1. The fraction of sp³-hybridized carbons (Fsp3) is 0.660. The van der Waals surface area contributed by atoms with Gasteiger partial charge in [-0.2, -0.15) is 47.4 Å². The number of nitrogens with zero attached hydrogens (tertiary/aromatic N) is 13. The van der Waals surface area contributed by atoms with E-state index in [9.17, 15) is 42.0 Å². The number of amides is 6. The Kier molecular flexibility index (Phi) is 148. The van der Waals surface area contributed by atoms with E-state index in [0.717, 1.165) is 203 Å². The quantitative estimate of drug-likeness (QED) is 0.0647. The van der Waals surface area contributed by atoms with Crippen LogP contribution >= 0.6 is 0 Å². The van der Waals surface area contributed by atoms with Gasteiger partial charge in [0.1, 0.15) is 11.9 Å². The first kappa shape index (κ1) is 174. The van der Waals surface area contributed by atoms with E-state index in [-0.39, 0.29) is 266 Å². The molecule has 10 aliphatic rings. The third kappa shape index (κ3) is 82.7. The maximum atomic E-state index is 11.2. The molecule has 10 heterocycles. The molecule has 138 heavy (non-hydrogen) atoms. The van der Waals surface area contributed by atoms with E-state index in [1.807, 2.05) is 156 Å². The Bertz CT molecular complexity index is 3270. The number of nitrogens with one attached hydrogen (secondary N) is 3. The summed E-state index contributed by atoms with van der Waals surface area (Å²) in [5.74, 6) is 0.325. The summed E-state index contributed by atoms with van der Waals surface area (Å²) < 4.78 is 27.5. The van der Waals surface area contributed by atoms with Crippen LogP contribution in [0.4, 0.5) is 0 Å². The molecular weight excluding hydrogens is 2200 g/mol. The monoisotopic (exact) mass is 2370 g/mol. The smallest absolute Gasteiger partial charge is 0.264 e. The fourth-order valence-corrected chi connectivity index (χ4v) is 13.7. The molecule has 3 N–H and O–H groups in total. The number of piperazine rings is 6. The number of likely N-dealkylation sites (N-methyl/N-ethyl adjacent to an activating group) is 2. The maximum absolute atomic E-state index is 11.2. The molecule has 24 radical (unpaired) electrons. The van der Waals surface area contributed by atoms with Gasteiger partial charge in [0.05, 0.1) is 18.3 Å². The standard InChI is InChI=1S/C21H24N3O.C17H19NO3S.C10H16N3O2.C8H14N3O.C6H11N2O.C5H9N2O.C5H12N2.C3H6O.C2H3O.6C2H6.5CH4.B4.B3.B2.B.6Y/c25-17-22-11-13-23(14-12-22)20-15-24(16-20)21(18-7-3-1-4-8-18)19-9-5-2-6-10-19;1-22(19,20)21-16-12-18(13-16)17(14-8-4-2-5-9-14)15-10-6-3-7-11-15;1-9(15)13-6-10(7-13)12-4-2-11(8-14)3-5-12;12-7-10-1-3-11(4-2-10)8-5-9-6-8;1-7-2-4-8(6-9)5-3-7;8-5-7-3-1-6-2-4-7;1-7-4-2-6-3-5-7;1-3(2)4;1-2-3;6*1-2;;;;;;1-4(2)3;1-3-2;1-2;;;;;;;/h1-10,20-21H,11-16H2;2-11,16-17H,12-13H2,1H3;10H,2-7H2,1H3;8-9H,1-6H2;2-5H2,1H3;6H,1-4H2;6H,2-5H2,1H3;1-2H3;1H3;6*1-2H3;5*1H4;;;;;;;;;;/q-1;;4*-1;;;-1;;;;;;;;;;;;;;;;;;;;;. The number of Topliss-reactive ketones (excluding diaryl/α,β-unsaturated/α-hetero) is 1. The second-order valence-corrected chi connectivity index (χ2v) is 29.9. The largest absolute Gasteiger partial charge is 0.542 e. The number of carbonyl (C=O) groups is 2. The van der Waals surface area contributed by atoms with Crippen LogP contribution in [0, 0.1) is 0 Å². The number of hydrogen-bond donors (Lipinski definition) is 3. The number of ketones is 1. The molecule has 0 atom stereocenters. The van der Waals surface area contributed by atoms with Crippen LogP contribution in [0.25, 0.3) is 0 Å². The van der Waals surface area contributed by atoms with Crippen molar-refractivity contribution in [1.29, 1.82) is 0 Å². The van der Waals surface area contributed by atoms with Crippen molar-refractivity contribution in [3.63, 3.8) is 0 Å². The summed E-state index contributed by atoms with van der Waals surface area (Å²) in [4.78, 5) is 108.